The van der Waals surface area contributed by atoms with Crippen LogP contribution < -0.4 is 10.2 Å². The van der Waals surface area contributed by atoms with Crippen LogP contribution in [0.1, 0.15) is 19.8 Å². The third kappa shape index (κ3) is 3.42. The second-order valence-corrected chi connectivity index (χ2v) is 6.89. The van der Waals surface area contributed by atoms with Crippen molar-refractivity contribution in [1.29, 1.82) is 0 Å². The van der Waals surface area contributed by atoms with Gasteiger partial charge in [-0.25, -0.2) is 4.98 Å². The van der Waals surface area contributed by atoms with Crippen molar-refractivity contribution in [2.24, 2.45) is 0 Å². The van der Waals surface area contributed by atoms with Crippen molar-refractivity contribution in [3.05, 3.63) is 29.6 Å². The van der Waals surface area contributed by atoms with E-state index in [4.69, 9.17) is 16.6 Å². The molecule has 2 heterocycles. The van der Waals surface area contributed by atoms with E-state index in [1.165, 1.54) is 12.8 Å². The van der Waals surface area contributed by atoms with Crippen LogP contribution in [0.5, 0.6) is 0 Å². The fraction of sp³-hybridized carbons (Fsp3) is 0.375. The molecule has 1 aromatic heterocycles. The quantitative estimate of drug-likeness (QED) is 0.860. The number of hydrogen-bond donors (Lipinski definition) is 1. The number of hydrogen-bond acceptors (Lipinski definition) is 4. The molecule has 0 unspecified atom stereocenters. The molecule has 1 N–H and O–H groups in total. The van der Waals surface area contributed by atoms with Gasteiger partial charge in [-0.1, -0.05) is 12.1 Å². The fourth-order valence-corrected chi connectivity index (χ4v) is 3.39. The van der Waals surface area contributed by atoms with E-state index in [0.29, 0.717) is 0 Å². The Balaban J connectivity index is 1.78. The van der Waals surface area contributed by atoms with Crippen LogP contribution in [-0.2, 0) is 4.79 Å². The standard InChI is InChI=1S/C16H18ClN3OS/c1-11(17)15(21)18-13-6-4-5-12(9-13)14-10-22-16(19-14)20-7-2-3-8-20/h4-6,9-11H,2-3,7-8H2,1H3,(H,18,21)/t11-/m0/s1. The SMILES string of the molecule is C[C@H](Cl)C(=O)Nc1cccc(-c2csc(N3CCCC3)n2)c1. The van der Waals surface area contributed by atoms with Gasteiger partial charge in [-0.05, 0) is 31.9 Å². The number of amides is 1. The molecule has 4 nitrogen and oxygen atoms in total. The molecule has 0 radical (unpaired) electrons. The smallest absolute Gasteiger partial charge is 0.242 e. The highest BCUT2D eigenvalue weighted by molar-refractivity contribution is 7.14. The van der Waals surface area contributed by atoms with Crippen molar-refractivity contribution >= 4 is 39.7 Å². The lowest BCUT2D eigenvalue weighted by atomic mass is 10.1. The number of alkyl halides is 1. The van der Waals surface area contributed by atoms with Gasteiger partial charge in [-0.15, -0.1) is 22.9 Å². The fourth-order valence-electron chi connectivity index (χ4n) is 2.45. The van der Waals surface area contributed by atoms with Crippen LogP contribution in [0.25, 0.3) is 11.3 Å². The first kappa shape index (κ1) is 15.3. The number of nitrogens with one attached hydrogen (secondary N) is 1. The Morgan fingerprint density at radius 2 is 2.18 bits per heavy atom. The van der Waals surface area contributed by atoms with Crippen LogP contribution >= 0.6 is 22.9 Å². The molecule has 116 valence electrons. The summed E-state index contributed by atoms with van der Waals surface area (Å²) in [6.07, 6.45) is 2.49. The van der Waals surface area contributed by atoms with Gasteiger partial charge >= 0.3 is 0 Å². The van der Waals surface area contributed by atoms with Crippen molar-refractivity contribution in [3.8, 4) is 11.3 Å². The van der Waals surface area contributed by atoms with Crippen molar-refractivity contribution in [3.63, 3.8) is 0 Å². The molecule has 3 rings (SSSR count). The van der Waals surface area contributed by atoms with Crippen LogP contribution in [-0.4, -0.2) is 29.4 Å². The highest BCUT2D eigenvalue weighted by Crippen LogP contribution is 2.30. The van der Waals surface area contributed by atoms with Gasteiger partial charge in [-0.2, -0.15) is 0 Å². The van der Waals surface area contributed by atoms with Crippen LogP contribution in [0.3, 0.4) is 0 Å². The summed E-state index contributed by atoms with van der Waals surface area (Å²) in [6.45, 7) is 3.84. The number of benzene rings is 1. The summed E-state index contributed by atoms with van der Waals surface area (Å²) in [6, 6.07) is 7.70. The van der Waals surface area contributed by atoms with E-state index in [1.54, 1.807) is 18.3 Å². The van der Waals surface area contributed by atoms with Gasteiger partial charge in [0.2, 0.25) is 5.91 Å². The van der Waals surface area contributed by atoms with Crippen molar-refractivity contribution in [2.45, 2.75) is 25.1 Å². The molecule has 1 aliphatic heterocycles. The maximum Gasteiger partial charge on any atom is 0.242 e. The molecule has 1 atom stereocenters. The van der Waals surface area contributed by atoms with Gasteiger partial charge in [0.25, 0.3) is 0 Å². The molecule has 0 aliphatic carbocycles. The Bertz CT molecular complexity index is 665. The summed E-state index contributed by atoms with van der Waals surface area (Å²) >= 11 is 7.46. The molecule has 1 amide bonds. The van der Waals surface area contributed by atoms with E-state index in [0.717, 1.165) is 35.2 Å². The first-order valence-corrected chi connectivity index (χ1v) is 8.71. The molecule has 6 heteroatoms. The number of carbonyl (C=O) groups excluding carboxylic acids is 1. The number of rotatable bonds is 4. The van der Waals surface area contributed by atoms with Gasteiger partial charge < -0.3 is 10.2 Å². The number of thiazole rings is 1. The monoisotopic (exact) mass is 335 g/mol. The van der Waals surface area contributed by atoms with E-state index < -0.39 is 5.38 Å². The predicted octanol–water partition coefficient (Wildman–Crippen LogP) is 3.98. The molecular formula is C16H18ClN3OS. The van der Waals surface area contributed by atoms with Crippen LogP contribution in [0.15, 0.2) is 29.6 Å². The van der Waals surface area contributed by atoms with E-state index in [-0.39, 0.29) is 5.91 Å². The minimum Gasteiger partial charge on any atom is -0.348 e. The Morgan fingerprint density at radius 1 is 1.41 bits per heavy atom. The van der Waals surface area contributed by atoms with Crippen molar-refractivity contribution in [2.75, 3.05) is 23.3 Å². The molecule has 0 spiro atoms. The summed E-state index contributed by atoms with van der Waals surface area (Å²) < 4.78 is 0. The Kier molecular flexibility index (Phi) is 4.64. The van der Waals surface area contributed by atoms with Gasteiger partial charge in [0, 0.05) is 29.7 Å². The Morgan fingerprint density at radius 3 is 2.91 bits per heavy atom. The van der Waals surface area contributed by atoms with E-state index in [1.807, 2.05) is 24.3 Å². The molecule has 0 saturated carbocycles. The molecule has 1 saturated heterocycles. The molecule has 1 fully saturated rings. The largest absolute Gasteiger partial charge is 0.348 e. The zero-order valence-electron chi connectivity index (χ0n) is 12.4. The van der Waals surface area contributed by atoms with Gasteiger partial charge in [0.05, 0.1) is 5.69 Å². The number of carbonyl (C=O) groups is 1. The maximum absolute atomic E-state index is 11.7. The average Bonchev–Trinajstić information content (AvgIpc) is 3.18. The van der Waals surface area contributed by atoms with Crippen LogP contribution in [0.2, 0.25) is 0 Å². The normalized spacial score (nSPS) is 15.8. The number of halogens is 1. The third-order valence-electron chi connectivity index (χ3n) is 3.66. The maximum atomic E-state index is 11.7. The van der Waals surface area contributed by atoms with Crippen LogP contribution in [0, 0.1) is 0 Å². The van der Waals surface area contributed by atoms with Gasteiger partial charge in [0.15, 0.2) is 5.13 Å². The summed E-state index contributed by atoms with van der Waals surface area (Å²) in [5.41, 5.74) is 2.69. The third-order valence-corrected chi connectivity index (χ3v) is 4.76. The first-order chi connectivity index (χ1) is 10.6. The van der Waals surface area contributed by atoms with Gasteiger partial charge in [-0.3, -0.25) is 4.79 Å². The van der Waals surface area contributed by atoms with E-state index >= 15 is 0 Å². The second kappa shape index (κ2) is 6.67. The zero-order chi connectivity index (χ0) is 15.5. The number of nitrogens with zero attached hydrogens (tertiary/aromatic N) is 2. The molecule has 0 bridgehead atoms. The van der Waals surface area contributed by atoms with Crippen LogP contribution in [0.4, 0.5) is 10.8 Å². The molecule has 1 aliphatic rings. The summed E-state index contributed by atoms with van der Waals surface area (Å²) in [7, 11) is 0. The second-order valence-electron chi connectivity index (χ2n) is 5.40. The molecule has 22 heavy (non-hydrogen) atoms. The van der Waals surface area contributed by atoms with Crippen molar-refractivity contribution in [1.82, 2.24) is 4.98 Å². The summed E-state index contributed by atoms with van der Waals surface area (Å²) in [5.74, 6) is -0.199. The van der Waals surface area contributed by atoms with Crippen molar-refractivity contribution < 1.29 is 4.79 Å². The molecule has 1 aromatic carbocycles. The lowest BCUT2D eigenvalue weighted by Crippen LogP contribution is -2.20. The summed E-state index contributed by atoms with van der Waals surface area (Å²) in [4.78, 5) is 18.7. The van der Waals surface area contributed by atoms with E-state index in [2.05, 4.69) is 15.6 Å². The predicted molar refractivity (Wildman–Crippen MR) is 92.9 cm³/mol. The molecule has 2 aromatic rings. The minimum absolute atomic E-state index is 0.199. The summed E-state index contributed by atoms with van der Waals surface area (Å²) in [5, 5.41) is 5.40. The lowest BCUT2D eigenvalue weighted by molar-refractivity contribution is -0.115. The highest BCUT2D eigenvalue weighted by Gasteiger charge is 2.16. The average molecular weight is 336 g/mol. The number of anilines is 2. The Labute approximate surface area is 139 Å². The molecular weight excluding hydrogens is 318 g/mol. The lowest BCUT2D eigenvalue weighted by Gasteiger charge is -2.12. The first-order valence-electron chi connectivity index (χ1n) is 7.39. The highest BCUT2D eigenvalue weighted by atomic mass is 35.5. The Hall–Kier alpha value is -1.59. The number of aromatic nitrogens is 1. The minimum atomic E-state index is -0.551. The van der Waals surface area contributed by atoms with E-state index in [9.17, 15) is 4.79 Å². The topological polar surface area (TPSA) is 45.2 Å². The van der Waals surface area contributed by atoms with Gasteiger partial charge in [0.1, 0.15) is 5.38 Å². The zero-order valence-corrected chi connectivity index (χ0v) is 14.0.